The minimum atomic E-state index is -0.559. The quantitative estimate of drug-likeness (QED) is 0.351. The number of hydrogen-bond donors (Lipinski definition) is 4. The zero-order valence-corrected chi connectivity index (χ0v) is 13.6. The highest BCUT2D eigenvalue weighted by molar-refractivity contribution is 7.80. The Hall–Kier alpha value is -2.30. The van der Waals surface area contributed by atoms with Gasteiger partial charge in [-0.15, -0.1) is 12.6 Å². The van der Waals surface area contributed by atoms with Gasteiger partial charge < -0.3 is 34.8 Å². The normalized spacial score (nSPS) is 15.8. The second-order valence-corrected chi connectivity index (χ2v) is 5.43. The molecule has 24 heavy (non-hydrogen) atoms. The number of aliphatic hydroxyl groups is 1. The van der Waals surface area contributed by atoms with Crippen LogP contribution in [0.15, 0.2) is 32.7 Å². The number of morpholine rings is 1. The minimum absolute atomic E-state index is 0.105. The first-order valence-electron chi connectivity index (χ1n) is 7.24. The van der Waals surface area contributed by atoms with Crippen LogP contribution in [0.5, 0.6) is 11.5 Å². The number of hydrogen-bond acceptors (Lipinski definition) is 9. The van der Waals surface area contributed by atoms with Crippen LogP contribution in [0.3, 0.4) is 0 Å². The van der Waals surface area contributed by atoms with Gasteiger partial charge in [-0.2, -0.15) is 9.67 Å². The van der Waals surface area contributed by atoms with E-state index in [1.165, 1.54) is 16.8 Å². The summed E-state index contributed by atoms with van der Waals surface area (Å²) in [6.45, 7) is 2.00. The van der Waals surface area contributed by atoms with Gasteiger partial charge in [0.2, 0.25) is 5.09 Å². The molecule has 1 aliphatic heterocycles. The summed E-state index contributed by atoms with van der Waals surface area (Å²) in [6.07, 6.45) is 0. The number of nitrogens with zero attached hydrogens (tertiary/aromatic N) is 3. The summed E-state index contributed by atoms with van der Waals surface area (Å²) in [4.78, 5) is 6.30. The Morgan fingerprint density at radius 3 is 2.79 bits per heavy atom. The van der Waals surface area contributed by atoms with Gasteiger partial charge >= 0.3 is 5.68 Å². The lowest BCUT2D eigenvalue weighted by Crippen LogP contribution is -2.40. The second kappa shape index (κ2) is 7.07. The third-order valence-corrected chi connectivity index (χ3v) is 3.80. The van der Waals surface area contributed by atoms with Gasteiger partial charge in [0.25, 0.3) is 0 Å². The third kappa shape index (κ3) is 3.30. The van der Waals surface area contributed by atoms with E-state index < -0.39 is 6.79 Å². The van der Waals surface area contributed by atoms with Crippen LogP contribution in [-0.2, 0) is 4.74 Å². The molecule has 0 bridgehead atoms. The predicted molar refractivity (Wildman–Crippen MR) is 88.2 cm³/mol. The van der Waals surface area contributed by atoms with Gasteiger partial charge in [-0.05, 0) is 12.1 Å². The van der Waals surface area contributed by atoms with Crippen LogP contribution in [0.25, 0.3) is 0 Å². The lowest BCUT2D eigenvalue weighted by atomic mass is 10.3. The van der Waals surface area contributed by atoms with Gasteiger partial charge in [0.1, 0.15) is 0 Å². The SMILES string of the molecule is Nn1c(N2CCOCC2)c(S)o/c1=N/c1ccc(O)c(OCO)c1. The maximum Gasteiger partial charge on any atom is 0.324 e. The van der Waals surface area contributed by atoms with Crippen molar-refractivity contribution in [2.24, 2.45) is 4.99 Å². The Kier molecular flexibility index (Phi) is 4.88. The van der Waals surface area contributed by atoms with Gasteiger partial charge in [-0.25, -0.2) is 0 Å². The number of rotatable bonds is 4. The van der Waals surface area contributed by atoms with E-state index in [0.29, 0.717) is 42.9 Å². The molecule has 2 aromatic rings. The maximum absolute atomic E-state index is 9.64. The summed E-state index contributed by atoms with van der Waals surface area (Å²) in [5, 5.41) is 18.8. The van der Waals surface area contributed by atoms with Crippen LogP contribution in [-0.4, -0.2) is 48.0 Å². The Labute approximate surface area is 142 Å². The highest BCUT2D eigenvalue weighted by atomic mass is 32.1. The molecule has 2 heterocycles. The van der Waals surface area contributed by atoms with Gasteiger partial charge in [0.05, 0.1) is 18.9 Å². The zero-order valence-electron chi connectivity index (χ0n) is 12.8. The summed E-state index contributed by atoms with van der Waals surface area (Å²) >= 11 is 4.33. The molecule has 3 rings (SSSR count). The molecule has 1 saturated heterocycles. The largest absolute Gasteiger partial charge is 0.504 e. The number of aliphatic hydroxyl groups excluding tert-OH is 1. The Morgan fingerprint density at radius 1 is 1.33 bits per heavy atom. The number of ether oxygens (including phenoxy) is 2. The molecule has 1 aromatic heterocycles. The Bertz CT molecular complexity index is 782. The highest BCUT2D eigenvalue weighted by Gasteiger charge is 2.20. The molecule has 9 nitrogen and oxygen atoms in total. The van der Waals surface area contributed by atoms with Gasteiger partial charge in [0, 0.05) is 19.2 Å². The lowest BCUT2D eigenvalue weighted by molar-refractivity contribution is 0.0956. The highest BCUT2D eigenvalue weighted by Crippen LogP contribution is 2.30. The molecule has 0 atom stereocenters. The number of nitrogen functional groups attached to an aromatic ring is 1. The number of thiol groups is 1. The molecule has 0 radical (unpaired) electrons. The first-order valence-corrected chi connectivity index (χ1v) is 7.69. The number of benzene rings is 1. The zero-order chi connectivity index (χ0) is 17.1. The fourth-order valence-electron chi connectivity index (χ4n) is 2.38. The van der Waals surface area contributed by atoms with E-state index in [9.17, 15) is 5.11 Å². The van der Waals surface area contributed by atoms with Crippen molar-refractivity contribution in [3.63, 3.8) is 0 Å². The van der Waals surface area contributed by atoms with Crippen molar-refractivity contribution in [3.05, 3.63) is 23.9 Å². The van der Waals surface area contributed by atoms with Crippen molar-refractivity contribution in [1.82, 2.24) is 4.68 Å². The van der Waals surface area contributed by atoms with Crippen molar-refractivity contribution in [1.29, 1.82) is 0 Å². The third-order valence-electron chi connectivity index (χ3n) is 3.51. The van der Waals surface area contributed by atoms with Crippen molar-refractivity contribution >= 4 is 24.1 Å². The molecule has 1 aliphatic rings. The van der Waals surface area contributed by atoms with Gasteiger partial charge in [0.15, 0.2) is 24.1 Å². The first-order chi connectivity index (χ1) is 11.6. The fraction of sp³-hybridized carbons (Fsp3) is 0.357. The summed E-state index contributed by atoms with van der Waals surface area (Å²) in [6, 6.07) is 4.42. The molecule has 4 N–H and O–H groups in total. The molecular weight excluding hydrogens is 336 g/mol. The summed E-state index contributed by atoms with van der Waals surface area (Å²) < 4.78 is 17.1. The summed E-state index contributed by atoms with van der Waals surface area (Å²) in [7, 11) is 0. The van der Waals surface area contributed by atoms with Crippen molar-refractivity contribution in [2.45, 2.75) is 5.09 Å². The number of phenols is 1. The second-order valence-electron chi connectivity index (χ2n) is 5.02. The number of aromatic nitrogens is 1. The van der Waals surface area contributed by atoms with E-state index in [-0.39, 0.29) is 17.2 Å². The average Bonchev–Trinajstić information content (AvgIpc) is 2.85. The van der Waals surface area contributed by atoms with Gasteiger partial charge in [-0.3, -0.25) is 0 Å². The van der Waals surface area contributed by atoms with E-state index >= 15 is 0 Å². The number of oxazole rings is 1. The molecule has 0 spiro atoms. The van der Waals surface area contributed by atoms with E-state index in [2.05, 4.69) is 17.6 Å². The van der Waals surface area contributed by atoms with E-state index in [0.717, 1.165) is 0 Å². The molecule has 0 aliphatic carbocycles. The van der Waals surface area contributed by atoms with E-state index in [4.69, 9.17) is 24.8 Å². The summed E-state index contributed by atoms with van der Waals surface area (Å²) in [5.41, 5.74) is 0.577. The standard InChI is InChI=1S/C14H18N4O5S/c15-18-12(17-3-5-21-6-4-17)13(24)23-14(18)16-9-1-2-10(20)11(7-9)22-8-19/h1-2,7,19-20,24H,3-6,8,15H2/b16-14+. The Morgan fingerprint density at radius 2 is 2.08 bits per heavy atom. The Balaban J connectivity index is 1.97. The van der Waals surface area contributed by atoms with Gasteiger partial charge in [-0.1, -0.05) is 0 Å². The van der Waals surface area contributed by atoms with Crippen LogP contribution in [0.1, 0.15) is 0 Å². The van der Waals surface area contributed by atoms with Crippen LogP contribution >= 0.6 is 12.6 Å². The number of anilines is 1. The molecule has 1 aromatic carbocycles. The predicted octanol–water partition coefficient (Wildman–Crippen LogP) is 0.187. The van der Waals surface area contributed by atoms with Crippen molar-refractivity contribution in [2.75, 3.05) is 43.8 Å². The first kappa shape index (κ1) is 16.6. The number of phenolic OH excluding ortho intramolecular Hbond substituents is 1. The van der Waals surface area contributed by atoms with Crippen LogP contribution < -0.4 is 21.2 Å². The molecule has 1 fully saturated rings. The van der Waals surface area contributed by atoms with Crippen LogP contribution in [0, 0.1) is 0 Å². The molecule has 10 heteroatoms. The minimum Gasteiger partial charge on any atom is -0.504 e. The molecular formula is C14H18N4O5S. The van der Waals surface area contributed by atoms with Crippen molar-refractivity contribution in [3.8, 4) is 11.5 Å². The lowest BCUT2D eigenvalue weighted by Gasteiger charge is -2.27. The fourth-order valence-corrected chi connectivity index (χ4v) is 2.71. The van der Waals surface area contributed by atoms with Crippen molar-refractivity contribution < 1.29 is 24.1 Å². The molecule has 0 amide bonds. The maximum atomic E-state index is 9.64. The topological polar surface area (TPSA) is 119 Å². The molecule has 0 unspecified atom stereocenters. The number of nitrogens with two attached hydrogens (primary N) is 1. The molecule has 0 saturated carbocycles. The monoisotopic (exact) mass is 354 g/mol. The smallest absolute Gasteiger partial charge is 0.324 e. The van der Waals surface area contributed by atoms with E-state index in [1.54, 1.807) is 6.07 Å². The van der Waals surface area contributed by atoms with E-state index in [1.807, 2.05) is 4.90 Å². The summed E-state index contributed by atoms with van der Waals surface area (Å²) in [5.74, 6) is 6.70. The van der Waals surface area contributed by atoms with Crippen LogP contribution in [0.2, 0.25) is 0 Å². The van der Waals surface area contributed by atoms with Crippen LogP contribution in [0.4, 0.5) is 11.5 Å². The number of aromatic hydroxyl groups is 1. The average molecular weight is 354 g/mol. The molecule has 130 valence electrons.